The largest absolute Gasteiger partial charge is 0.457 e. The topological polar surface area (TPSA) is 73.2 Å². The number of carbonyl (C=O) groups is 2. The molecular formula is C35H23ClFN3O3. The monoisotopic (exact) mass is 587 g/mol. The zero-order valence-electron chi connectivity index (χ0n) is 22.6. The maximum atomic E-state index is 13.6. The molecule has 0 aliphatic heterocycles. The summed E-state index contributed by atoms with van der Waals surface area (Å²) in [6.45, 7) is 0. The Morgan fingerprint density at radius 1 is 0.698 bits per heavy atom. The van der Waals surface area contributed by atoms with Gasteiger partial charge in [-0.3, -0.25) is 4.79 Å². The smallest absolute Gasteiger partial charge is 0.346 e. The molecule has 0 unspecified atom stereocenters. The van der Waals surface area contributed by atoms with Crippen molar-refractivity contribution in [2.45, 2.75) is 0 Å². The number of nitrogens with zero attached hydrogens (tertiary/aromatic N) is 2. The quantitative estimate of drug-likeness (QED) is 0.189. The number of rotatable bonds is 7. The van der Waals surface area contributed by atoms with Gasteiger partial charge in [0.15, 0.2) is 5.78 Å². The molecule has 0 fully saturated rings. The van der Waals surface area contributed by atoms with Crippen LogP contribution >= 0.6 is 11.6 Å². The Kier molecular flexibility index (Phi) is 7.80. The molecule has 0 radical (unpaired) electrons. The lowest BCUT2D eigenvalue weighted by molar-refractivity contribution is 0.103. The average molecular weight is 588 g/mol. The summed E-state index contributed by atoms with van der Waals surface area (Å²) in [5.41, 5.74) is 4.41. The van der Waals surface area contributed by atoms with Gasteiger partial charge in [-0.15, -0.1) is 0 Å². The molecule has 8 heteroatoms. The van der Waals surface area contributed by atoms with E-state index in [2.05, 4.69) is 10.4 Å². The SMILES string of the molecule is O=C(c1ccccc1)c1ccc(Oc2ccc(NC(=O)n3cc(-c4ccc(F)cc4)c(-c4ccc(Cl)cc4)n3)cc2)cc1. The molecule has 0 spiro atoms. The van der Waals surface area contributed by atoms with Crippen LogP contribution in [0.15, 0.2) is 134 Å². The summed E-state index contributed by atoms with van der Waals surface area (Å²) in [6.07, 6.45) is 1.61. The van der Waals surface area contributed by atoms with E-state index in [1.165, 1.54) is 16.8 Å². The molecule has 5 aromatic carbocycles. The van der Waals surface area contributed by atoms with Gasteiger partial charge in [0.2, 0.25) is 0 Å². The van der Waals surface area contributed by atoms with Gasteiger partial charge in [0.25, 0.3) is 0 Å². The highest BCUT2D eigenvalue weighted by Crippen LogP contribution is 2.32. The minimum Gasteiger partial charge on any atom is -0.457 e. The van der Waals surface area contributed by atoms with Crippen molar-refractivity contribution >= 4 is 29.1 Å². The number of benzene rings is 5. The molecule has 43 heavy (non-hydrogen) atoms. The molecule has 1 aromatic heterocycles. The lowest BCUT2D eigenvalue weighted by Gasteiger charge is -2.09. The van der Waals surface area contributed by atoms with Crippen LogP contribution in [0, 0.1) is 5.82 Å². The van der Waals surface area contributed by atoms with Crippen molar-refractivity contribution in [2.75, 3.05) is 5.32 Å². The average Bonchev–Trinajstić information content (AvgIpc) is 3.49. The lowest BCUT2D eigenvalue weighted by atomic mass is 10.0. The molecule has 0 atom stereocenters. The van der Waals surface area contributed by atoms with E-state index >= 15 is 0 Å². The van der Waals surface area contributed by atoms with Crippen LogP contribution in [0.4, 0.5) is 14.9 Å². The van der Waals surface area contributed by atoms with E-state index in [1.54, 1.807) is 91.1 Å². The van der Waals surface area contributed by atoms with Crippen molar-refractivity contribution in [3.05, 3.63) is 156 Å². The van der Waals surface area contributed by atoms with E-state index in [1.807, 2.05) is 30.3 Å². The number of carbonyl (C=O) groups excluding carboxylic acids is 2. The van der Waals surface area contributed by atoms with Crippen molar-refractivity contribution in [3.8, 4) is 33.9 Å². The summed E-state index contributed by atoms with van der Waals surface area (Å²) < 4.78 is 20.7. The minimum absolute atomic E-state index is 0.0606. The predicted molar refractivity (Wildman–Crippen MR) is 165 cm³/mol. The van der Waals surface area contributed by atoms with E-state index in [4.69, 9.17) is 16.3 Å². The fourth-order valence-electron chi connectivity index (χ4n) is 4.49. The Morgan fingerprint density at radius 2 is 1.28 bits per heavy atom. The molecule has 0 aliphatic carbocycles. The zero-order chi connectivity index (χ0) is 29.8. The summed E-state index contributed by atoms with van der Waals surface area (Å²) in [7, 11) is 0. The normalized spacial score (nSPS) is 10.7. The zero-order valence-corrected chi connectivity index (χ0v) is 23.3. The molecule has 6 aromatic rings. The van der Waals surface area contributed by atoms with Gasteiger partial charge in [0, 0.05) is 39.2 Å². The Labute approximate surface area is 252 Å². The molecule has 6 nitrogen and oxygen atoms in total. The van der Waals surface area contributed by atoms with Gasteiger partial charge in [-0.2, -0.15) is 9.78 Å². The first-order valence-corrected chi connectivity index (χ1v) is 13.7. The van der Waals surface area contributed by atoms with Gasteiger partial charge in [0.05, 0.1) is 0 Å². The maximum absolute atomic E-state index is 13.6. The Bertz CT molecular complexity index is 1820. The third kappa shape index (κ3) is 6.37. The summed E-state index contributed by atoms with van der Waals surface area (Å²) in [6, 6.07) is 35.5. The van der Waals surface area contributed by atoms with Gasteiger partial charge < -0.3 is 10.1 Å². The number of halogens is 2. The minimum atomic E-state index is -0.476. The standard InChI is InChI=1S/C35H23ClFN3O3/c36-27-12-6-24(7-13-27)33-32(23-8-14-28(37)15-9-23)22-40(39-33)35(42)38-29-16-20-31(21-17-29)43-30-18-10-26(11-19-30)34(41)25-4-2-1-3-5-25/h1-22H,(H,38,42). The number of amides is 1. The molecule has 0 aliphatic rings. The Morgan fingerprint density at radius 3 is 1.93 bits per heavy atom. The molecule has 1 heterocycles. The van der Waals surface area contributed by atoms with Crippen LogP contribution in [-0.4, -0.2) is 21.6 Å². The van der Waals surface area contributed by atoms with Crippen LogP contribution in [0.5, 0.6) is 11.5 Å². The van der Waals surface area contributed by atoms with Crippen LogP contribution in [0.25, 0.3) is 22.4 Å². The van der Waals surface area contributed by atoms with E-state index in [9.17, 15) is 14.0 Å². The highest BCUT2D eigenvalue weighted by molar-refractivity contribution is 6.30. The summed E-state index contributed by atoms with van der Waals surface area (Å²) >= 11 is 6.06. The van der Waals surface area contributed by atoms with Gasteiger partial charge in [-0.1, -0.05) is 66.2 Å². The van der Waals surface area contributed by atoms with E-state index in [0.29, 0.717) is 50.2 Å². The summed E-state index contributed by atoms with van der Waals surface area (Å²) in [5, 5.41) is 7.95. The van der Waals surface area contributed by atoms with Crippen molar-refractivity contribution in [2.24, 2.45) is 0 Å². The molecule has 6 rings (SSSR count). The molecule has 0 saturated heterocycles. The van der Waals surface area contributed by atoms with Gasteiger partial charge in [-0.05, 0) is 78.4 Å². The first kappa shape index (κ1) is 27.6. The highest BCUT2D eigenvalue weighted by Gasteiger charge is 2.17. The fourth-order valence-corrected chi connectivity index (χ4v) is 4.62. The predicted octanol–water partition coefficient (Wildman–Crippen LogP) is 9.11. The van der Waals surface area contributed by atoms with Crippen molar-refractivity contribution < 1.29 is 18.7 Å². The van der Waals surface area contributed by atoms with Gasteiger partial charge in [-0.25, -0.2) is 9.18 Å². The molecule has 1 N–H and O–H groups in total. The number of nitrogens with one attached hydrogen (secondary N) is 1. The van der Waals surface area contributed by atoms with Crippen LogP contribution < -0.4 is 10.1 Å². The lowest BCUT2D eigenvalue weighted by Crippen LogP contribution is -2.19. The van der Waals surface area contributed by atoms with E-state index in [0.717, 1.165) is 5.56 Å². The van der Waals surface area contributed by atoms with Crippen LogP contribution in [0.1, 0.15) is 15.9 Å². The molecule has 1 amide bonds. The molecule has 210 valence electrons. The second-order valence-corrected chi connectivity index (χ2v) is 10.1. The van der Waals surface area contributed by atoms with Crippen molar-refractivity contribution in [1.82, 2.24) is 9.78 Å². The second-order valence-electron chi connectivity index (χ2n) is 9.63. The summed E-state index contributed by atoms with van der Waals surface area (Å²) in [5.74, 6) is 0.711. The van der Waals surface area contributed by atoms with Gasteiger partial charge in [0.1, 0.15) is 23.0 Å². The number of hydrogen-bond acceptors (Lipinski definition) is 4. The summed E-state index contributed by atoms with van der Waals surface area (Å²) in [4.78, 5) is 25.8. The number of aromatic nitrogens is 2. The Balaban J connectivity index is 1.16. The number of ketones is 1. The fraction of sp³-hybridized carbons (Fsp3) is 0. The molecule has 0 bridgehead atoms. The van der Waals surface area contributed by atoms with E-state index in [-0.39, 0.29) is 11.6 Å². The first-order chi connectivity index (χ1) is 20.9. The third-order valence-corrected chi connectivity index (χ3v) is 6.94. The van der Waals surface area contributed by atoms with Crippen LogP contribution in [0.3, 0.4) is 0 Å². The molecular weight excluding hydrogens is 565 g/mol. The third-order valence-electron chi connectivity index (χ3n) is 6.69. The van der Waals surface area contributed by atoms with Crippen molar-refractivity contribution in [3.63, 3.8) is 0 Å². The second kappa shape index (κ2) is 12.1. The maximum Gasteiger partial charge on any atom is 0.346 e. The van der Waals surface area contributed by atoms with Crippen molar-refractivity contribution in [1.29, 1.82) is 0 Å². The molecule has 0 saturated carbocycles. The number of hydrogen-bond donors (Lipinski definition) is 1. The van der Waals surface area contributed by atoms with Crippen LogP contribution in [-0.2, 0) is 0 Å². The first-order valence-electron chi connectivity index (χ1n) is 13.3. The van der Waals surface area contributed by atoms with E-state index < -0.39 is 6.03 Å². The Hall–Kier alpha value is -5.53. The number of anilines is 1. The van der Waals surface area contributed by atoms with Gasteiger partial charge >= 0.3 is 6.03 Å². The number of ether oxygens (including phenoxy) is 1. The highest BCUT2D eigenvalue weighted by atomic mass is 35.5. The van der Waals surface area contributed by atoms with Crippen LogP contribution in [0.2, 0.25) is 5.02 Å².